The van der Waals surface area contributed by atoms with Gasteiger partial charge >= 0.3 is 6.18 Å². The van der Waals surface area contributed by atoms with Gasteiger partial charge in [0.2, 0.25) is 5.91 Å². The average molecular weight is 330 g/mol. The predicted octanol–water partition coefficient (Wildman–Crippen LogP) is 2.24. The Morgan fingerprint density at radius 3 is 2.65 bits per heavy atom. The molecule has 0 bridgehead atoms. The summed E-state index contributed by atoms with van der Waals surface area (Å²) < 4.78 is 44.1. The first kappa shape index (κ1) is 17.7. The zero-order valence-electron chi connectivity index (χ0n) is 13.0. The SMILES string of the molecule is CCOCc1ccccc1CNC(=O)[C@@H]1CNC[C@H]1C(F)(F)F. The molecule has 128 valence electrons. The van der Waals surface area contributed by atoms with Crippen molar-refractivity contribution in [1.29, 1.82) is 0 Å². The van der Waals surface area contributed by atoms with E-state index in [1.54, 1.807) is 0 Å². The van der Waals surface area contributed by atoms with Crippen molar-refractivity contribution >= 4 is 5.91 Å². The smallest absolute Gasteiger partial charge is 0.377 e. The van der Waals surface area contributed by atoms with E-state index in [0.29, 0.717) is 13.2 Å². The normalized spacial score (nSPS) is 21.4. The van der Waals surface area contributed by atoms with E-state index in [1.807, 2.05) is 31.2 Å². The second-order valence-electron chi connectivity index (χ2n) is 5.54. The predicted molar refractivity (Wildman–Crippen MR) is 79.5 cm³/mol. The second kappa shape index (κ2) is 7.79. The van der Waals surface area contributed by atoms with Gasteiger partial charge in [0.1, 0.15) is 0 Å². The monoisotopic (exact) mass is 330 g/mol. The van der Waals surface area contributed by atoms with Gasteiger partial charge in [-0.1, -0.05) is 24.3 Å². The van der Waals surface area contributed by atoms with Gasteiger partial charge in [-0.15, -0.1) is 0 Å². The molecule has 0 spiro atoms. The molecule has 2 rings (SSSR count). The van der Waals surface area contributed by atoms with Crippen LogP contribution < -0.4 is 10.6 Å². The zero-order chi connectivity index (χ0) is 16.9. The van der Waals surface area contributed by atoms with Gasteiger partial charge in [0.25, 0.3) is 0 Å². The summed E-state index contributed by atoms with van der Waals surface area (Å²) in [6, 6.07) is 7.41. The molecule has 0 unspecified atom stereocenters. The summed E-state index contributed by atoms with van der Waals surface area (Å²) in [6.07, 6.45) is -4.36. The maximum Gasteiger partial charge on any atom is 0.393 e. The minimum Gasteiger partial charge on any atom is -0.377 e. The van der Waals surface area contributed by atoms with Crippen molar-refractivity contribution in [3.05, 3.63) is 35.4 Å². The minimum absolute atomic E-state index is 0.0522. The standard InChI is InChI=1S/C16H21F3N2O2/c1-2-23-10-12-6-4-3-5-11(12)7-21-15(22)13-8-20-9-14(13)16(17,18)19/h3-6,13-14,20H,2,7-10H2,1H3,(H,21,22)/t13-,14-/m1/s1. The van der Waals surface area contributed by atoms with Gasteiger partial charge < -0.3 is 15.4 Å². The van der Waals surface area contributed by atoms with Gasteiger partial charge in [0, 0.05) is 26.2 Å². The fraction of sp³-hybridized carbons (Fsp3) is 0.562. The highest BCUT2D eigenvalue weighted by atomic mass is 19.4. The van der Waals surface area contributed by atoms with Crippen LogP contribution in [0.25, 0.3) is 0 Å². The highest BCUT2D eigenvalue weighted by molar-refractivity contribution is 5.79. The molecule has 4 nitrogen and oxygen atoms in total. The van der Waals surface area contributed by atoms with Crippen molar-refractivity contribution in [2.75, 3.05) is 19.7 Å². The number of rotatable bonds is 6. The first-order valence-corrected chi connectivity index (χ1v) is 7.63. The lowest BCUT2D eigenvalue weighted by Crippen LogP contribution is -2.40. The Morgan fingerprint density at radius 2 is 2.00 bits per heavy atom. The van der Waals surface area contributed by atoms with Gasteiger partial charge in [-0.25, -0.2) is 0 Å². The van der Waals surface area contributed by atoms with E-state index in [2.05, 4.69) is 10.6 Å². The molecule has 1 aromatic rings. The van der Waals surface area contributed by atoms with E-state index < -0.39 is 23.9 Å². The molecule has 23 heavy (non-hydrogen) atoms. The lowest BCUT2D eigenvalue weighted by molar-refractivity contribution is -0.182. The van der Waals surface area contributed by atoms with Crippen LogP contribution in [0.4, 0.5) is 13.2 Å². The molecule has 1 aliphatic heterocycles. The fourth-order valence-corrected chi connectivity index (χ4v) is 2.69. The number of hydrogen-bond acceptors (Lipinski definition) is 3. The average Bonchev–Trinajstić information content (AvgIpc) is 3.01. The van der Waals surface area contributed by atoms with Gasteiger partial charge in [0.05, 0.1) is 18.4 Å². The lowest BCUT2D eigenvalue weighted by Gasteiger charge is -2.21. The van der Waals surface area contributed by atoms with Crippen LogP contribution >= 0.6 is 0 Å². The third kappa shape index (κ3) is 4.68. The summed E-state index contributed by atoms with van der Waals surface area (Å²) in [6.45, 7) is 2.91. The number of benzene rings is 1. The summed E-state index contributed by atoms with van der Waals surface area (Å²) in [5.41, 5.74) is 1.77. The molecule has 0 aliphatic carbocycles. The first-order chi connectivity index (χ1) is 10.9. The lowest BCUT2D eigenvalue weighted by atomic mass is 9.94. The van der Waals surface area contributed by atoms with E-state index in [9.17, 15) is 18.0 Å². The minimum atomic E-state index is -4.36. The summed E-state index contributed by atoms with van der Waals surface area (Å²) in [4.78, 5) is 12.1. The van der Waals surface area contributed by atoms with Crippen molar-refractivity contribution in [3.63, 3.8) is 0 Å². The van der Waals surface area contributed by atoms with Crippen LogP contribution in [0.5, 0.6) is 0 Å². The molecule has 7 heteroatoms. The molecule has 1 aliphatic rings. The van der Waals surface area contributed by atoms with E-state index in [0.717, 1.165) is 11.1 Å². The van der Waals surface area contributed by atoms with Gasteiger partial charge in [-0.05, 0) is 18.1 Å². The fourth-order valence-electron chi connectivity index (χ4n) is 2.69. The third-order valence-electron chi connectivity index (χ3n) is 4.00. The Bertz CT molecular complexity index is 534. The van der Waals surface area contributed by atoms with Crippen molar-refractivity contribution < 1.29 is 22.7 Å². The molecule has 1 saturated heterocycles. The molecule has 2 atom stereocenters. The highest BCUT2D eigenvalue weighted by Gasteiger charge is 2.49. The topological polar surface area (TPSA) is 50.4 Å². The Labute approximate surface area is 133 Å². The van der Waals surface area contributed by atoms with Crippen molar-refractivity contribution in [2.24, 2.45) is 11.8 Å². The maximum atomic E-state index is 12.9. The van der Waals surface area contributed by atoms with Crippen LogP contribution in [0, 0.1) is 11.8 Å². The van der Waals surface area contributed by atoms with E-state index >= 15 is 0 Å². The number of carbonyl (C=O) groups is 1. The molecule has 0 aromatic heterocycles. The van der Waals surface area contributed by atoms with E-state index in [1.165, 1.54) is 0 Å². The van der Waals surface area contributed by atoms with Crippen LogP contribution in [0.3, 0.4) is 0 Å². The molecule has 0 saturated carbocycles. The second-order valence-corrected chi connectivity index (χ2v) is 5.54. The summed E-state index contributed by atoms with van der Waals surface area (Å²) in [5.74, 6) is -3.27. The Hall–Kier alpha value is -1.60. The number of ether oxygens (including phenoxy) is 1. The molecule has 1 fully saturated rings. The quantitative estimate of drug-likeness (QED) is 0.841. The molecule has 0 radical (unpaired) electrons. The Balaban J connectivity index is 1.97. The number of halogens is 3. The number of alkyl halides is 3. The zero-order valence-corrected chi connectivity index (χ0v) is 13.0. The summed E-state index contributed by atoms with van der Waals surface area (Å²) >= 11 is 0. The van der Waals surface area contributed by atoms with E-state index in [-0.39, 0.29) is 19.6 Å². The molecular formula is C16H21F3N2O2. The number of nitrogens with one attached hydrogen (secondary N) is 2. The van der Waals surface area contributed by atoms with Crippen molar-refractivity contribution in [2.45, 2.75) is 26.3 Å². The number of carbonyl (C=O) groups excluding carboxylic acids is 1. The number of hydrogen-bond donors (Lipinski definition) is 2. The molecule has 2 N–H and O–H groups in total. The molecule has 1 aromatic carbocycles. The van der Waals surface area contributed by atoms with Crippen molar-refractivity contribution in [1.82, 2.24) is 10.6 Å². The van der Waals surface area contributed by atoms with Gasteiger partial charge in [-0.2, -0.15) is 13.2 Å². The van der Waals surface area contributed by atoms with Gasteiger partial charge in [0.15, 0.2) is 0 Å². The van der Waals surface area contributed by atoms with Crippen LogP contribution in [0.2, 0.25) is 0 Å². The Morgan fingerprint density at radius 1 is 1.30 bits per heavy atom. The molecule has 1 amide bonds. The molecular weight excluding hydrogens is 309 g/mol. The number of amides is 1. The molecule has 1 heterocycles. The van der Waals surface area contributed by atoms with Crippen LogP contribution in [0.15, 0.2) is 24.3 Å². The summed E-state index contributed by atoms with van der Waals surface area (Å²) in [7, 11) is 0. The van der Waals surface area contributed by atoms with Gasteiger partial charge in [-0.3, -0.25) is 4.79 Å². The third-order valence-corrected chi connectivity index (χ3v) is 4.00. The Kier molecular flexibility index (Phi) is 6.01. The van der Waals surface area contributed by atoms with Crippen LogP contribution in [-0.2, 0) is 22.7 Å². The largest absolute Gasteiger partial charge is 0.393 e. The van der Waals surface area contributed by atoms with Crippen molar-refractivity contribution in [3.8, 4) is 0 Å². The summed E-state index contributed by atoms with van der Waals surface area (Å²) in [5, 5.41) is 5.27. The van der Waals surface area contributed by atoms with E-state index in [4.69, 9.17) is 4.74 Å². The van der Waals surface area contributed by atoms with Crippen LogP contribution in [-0.4, -0.2) is 31.8 Å². The highest BCUT2D eigenvalue weighted by Crippen LogP contribution is 2.34. The van der Waals surface area contributed by atoms with Crippen LogP contribution in [0.1, 0.15) is 18.1 Å². The maximum absolute atomic E-state index is 12.9. The first-order valence-electron chi connectivity index (χ1n) is 7.63.